The van der Waals surface area contributed by atoms with Crippen molar-refractivity contribution in [3.8, 4) is 0 Å². The number of fused-ring (bicyclic) bond motifs is 1. The van der Waals surface area contributed by atoms with E-state index >= 15 is 0 Å². The minimum atomic E-state index is -1.22. The molecule has 2 aliphatic heterocycles. The highest BCUT2D eigenvalue weighted by molar-refractivity contribution is 8.03. The van der Waals surface area contributed by atoms with E-state index in [-0.39, 0.29) is 16.7 Å². The molecule has 2 aromatic heterocycles. The Morgan fingerprint density at radius 1 is 1.35 bits per heavy atom. The van der Waals surface area contributed by atoms with E-state index in [0.717, 1.165) is 16.4 Å². The predicted octanol–water partition coefficient (Wildman–Crippen LogP) is 0.272. The van der Waals surface area contributed by atoms with Gasteiger partial charge in [0.2, 0.25) is 11.5 Å². The fourth-order valence-corrected chi connectivity index (χ4v) is 4.89. The number of aliphatic carboxylic acids is 1. The molecule has 2 aliphatic rings. The summed E-state index contributed by atoms with van der Waals surface area (Å²) in [6.07, 6.45) is 4.07. The van der Waals surface area contributed by atoms with E-state index in [2.05, 4.69) is 24.8 Å². The molecule has 0 saturated carbocycles. The number of carboxylic acid groups (broad SMARTS) is 1. The van der Waals surface area contributed by atoms with Crippen molar-refractivity contribution in [1.29, 1.82) is 0 Å². The number of nitrogens with zero attached hydrogens (tertiary/aromatic N) is 5. The third-order valence-electron chi connectivity index (χ3n) is 4.74. The Kier molecular flexibility index (Phi) is 5.56. The van der Waals surface area contributed by atoms with Gasteiger partial charge in [-0.25, -0.2) is 4.79 Å². The Morgan fingerprint density at radius 2 is 2.10 bits per heavy atom. The molecule has 12 nitrogen and oxygen atoms in total. The zero-order chi connectivity index (χ0) is 22.1. The van der Waals surface area contributed by atoms with Crippen molar-refractivity contribution >= 4 is 51.9 Å². The lowest BCUT2D eigenvalue weighted by Crippen LogP contribution is -2.72. The second kappa shape index (κ2) is 8.31. The SMILES string of the molecule is Nc1nc(C(=NO)C(=O)N[C@@H]2C(=O)N3C(C(=O)O)=C(Sc4ccncc4)CC[C@H]23)ns1. The van der Waals surface area contributed by atoms with Gasteiger partial charge in [0.05, 0.1) is 6.04 Å². The molecule has 5 N–H and O–H groups in total. The number of β-lactam (4-membered cyclic amide) rings is 1. The summed E-state index contributed by atoms with van der Waals surface area (Å²) in [5.74, 6) is -2.82. The molecule has 31 heavy (non-hydrogen) atoms. The Balaban J connectivity index is 1.52. The van der Waals surface area contributed by atoms with Gasteiger partial charge in [0, 0.05) is 33.7 Å². The Bertz CT molecular complexity index is 1120. The normalized spacial score (nSPS) is 20.8. The van der Waals surface area contributed by atoms with Crippen molar-refractivity contribution in [3.63, 3.8) is 0 Å². The van der Waals surface area contributed by atoms with Crippen LogP contribution in [0.3, 0.4) is 0 Å². The highest BCUT2D eigenvalue weighted by atomic mass is 32.2. The molecule has 2 aromatic rings. The second-order valence-corrected chi connectivity index (χ2v) is 8.48. The number of hydrogen-bond acceptors (Lipinski definition) is 11. The molecule has 2 atom stereocenters. The van der Waals surface area contributed by atoms with E-state index < -0.39 is 35.6 Å². The van der Waals surface area contributed by atoms with E-state index in [1.807, 2.05) is 0 Å². The first kappa shape index (κ1) is 20.7. The number of carbonyl (C=O) groups is 3. The van der Waals surface area contributed by atoms with Gasteiger partial charge in [-0.05, 0) is 25.0 Å². The number of pyridine rings is 1. The first-order valence-electron chi connectivity index (χ1n) is 8.90. The number of nitrogens with two attached hydrogens (primary N) is 1. The molecule has 0 radical (unpaired) electrons. The maximum Gasteiger partial charge on any atom is 0.353 e. The number of hydrogen-bond donors (Lipinski definition) is 4. The van der Waals surface area contributed by atoms with Gasteiger partial charge < -0.3 is 21.4 Å². The fraction of sp³-hybridized carbons (Fsp3) is 0.235. The highest BCUT2D eigenvalue weighted by Crippen LogP contribution is 2.42. The maximum absolute atomic E-state index is 12.7. The average Bonchev–Trinajstić information content (AvgIpc) is 3.18. The van der Waals surface area contributed by atoms with Crippen molar-refractivity contribution in [3.05, 3.63) is 41.0 Å². The number of rotatable bonds is 6. The van der Waals surface area contributed by atoms with Crippen LogP contribution in [-0.2, 0) is 14.4 Å². The minimum Gasteiger partial charge on any atom is -0.477 e. The Labute approximate surface area is 183 Å². The van der Waals surface area contributed by atoms with Crippen molar-refractivity contribution in [2.24, 2.45) is 5.16 Å². The van der Waals surface area contributed by atoms with Crippen molar-refractivity contribution in [2.45, 2.75) is 29.8 Å². The Morgan fingerprint density at radius 3 is 2.71 bits per heavy atom. The van der Waals surface area contributed by atoms with Crippen LogP contribution in [-0.4, -0.2) is 65.1 Å². The molecule has 0 spiro atoms. The van der Waals surface area contributed by atoms with Crippen LogP contribution in [0.1, 0.15) is 18.7 Å². The summed E-state index contributed by atoms with van der Waals surface area (Å²) < 4.78 is 3.81. The summed E-state index contributed by atoms with van der Waals surface area (Å²) in [6, 6.07) is 2.01. The summed E-state index contributed by atoms with van der Waals surface area (Å²) in [4.78, 5) is 47.4. The number of nitrogens with one attached hydrogen (secondary N) is 1. The van der Waals surface area contributed by atoms with E-state index in [1.165, 1.54) is 16.7 Å². The van der Waals surface area contributed by atoms with Crippen molar-refractivity contribution in [1.82, 2.24) is 24.6 Å². The molecule has 0 unspecified atom stereocenters. The average molecular weight is 461 g/mol. The van der Waals surface area contributed by atoms with E-state index in [4.69, 9.17) is 5.73 Å². The van der Waals surface area contributed by atoms with Crippen LogP contribution in [0.2, 0.25) is 0 Å². The monoisotopic (exact) mass is 461 g/mol. The number of anilines is 1. The highest BCUT2D eigenvalue weighted by Gasteiger charge is 2.53. The van der Waals surface area contributed by atoms with Gasteiger partial charge in [0.1, 0.15) is 11.7 Å². The molecule has 0 aromatic carbocycles. The zero-order valence-electron chi connectivity index (χ0n) is 15.6. The van der Waals surface area contributed by atoms with Crippen LogP contribution in [0.25, 0.3) is 0 Å². The van der Waals surface area contributed by atoms with Gasteiger partial charge in [0.15, 0.2) is 5.13 Å². The number of allylic oxidation sites excluding steroid dienone is 1. The van der Waals surface area contributed by atoms with Gasteiger partial charge in [-0.15, -0.1) is 0 Å². The fourth-order valence-electron chi connectivity index (χ4n) is 3.41. The largest absolute Gasteiger partial charge is 0.477 e. The number of aromatic nitrogens is 3. The third kappa shape index (κ3) is 3.82. The standard InChI is InChI=1S/C17H15N7O5S2/c18-17-21-13(23-31-17)11(22-29)14(25)20-10-8-1-2-9(30-7-3-5-19-6-4-7)12(16(27)28)24(8)15(10)26/h3-6,8,10,29H,1-2H2,(H,20,25)(H,27,28)(H2,18,21,23)/t8-,10+/m1/s1. The lowest BCUT2D eigenvalue weighted by Gasteiger charge is -2.50. The number of amides is 2. The van der Waals surface area contributed by atoms with Gasteiger partial charge >= 0.3 is 5.97 Å². The summed E-state index contributed by atoms with van der Waals surface area (Å²) in [5.41, 5.74) is 4.89. The Hall–Kier alpha value is -3.52. The molecule has 4 heterocycles. The van der Waals surface area contributed by atoms with Crippen molar-refractivity contribution in [2.75, 3.05) is 5.73 Å². The van der Waals surface area contributed by atoms with Crippen LogP contribution in [0.5, 0.6) is 0 Å². The molecule has 0 bridgehead atoms. The molecule has 1 fully saturated rings. The van der Waals surface area contributed by atoms with Crippen LogP contribution in [0, 0.1) is 0 Å². The summed E-state index contributed by atoms with van der Waals surface area (Å²) in [7, 11) is 0. The van der Waals surface area contributed by atoms with Gasteiger partial charge in [-0.1, -0.05) is 16.9 Å². The molecule has 1 saturated heterocycles. The number of oxime groups is 1. The molecular weight excluding hydrogens is 446 g/mol. The number of thioether (sulfide) groups is 1. The first-order chi connectivity index (χ1) is 14.9. The lowest BCUT2D eigenvalue weighted by molar-refractivity contribution is -0.155. The van der Waals surface area contributed by atoms with Crippen molar-refractivity contribution < 1.29 is 24.7 Å². The number of carbonyl (C=O) groups excluding carboxylic acids is 2. The smallest absolute Gasteiger partial charge is 0.353 e. The quantitative estimate of drug-likeness (QED) is 0.201. The van der Waals surface area contributed by atoms with Gasteiger partial charge in [-0.3, -0.25) is 19.5 Å². The van der Waals surface area contributed by atoms with Gasteiger partial charge in [-0.2, -0.15) is 9.36 Å². The summed E-state index contributed by atoms with van der Waals surface area (Å²) in [5, 5.41) is 24.4. The summed E-state index contributed by atoms with van der Waals surface area (Å²) in [6.45, 7) is 0. The molecule has 0 aliphatic carbocycles. The zero-order valence-corrected chi connectivity index (χ0v) is 17.3. The number of carboxylic acids is 1. The first-order valence-corrected chi connectivity index (χ1v) is 10.5. The van der Waals surface area contributed by atoms with E-state index in [0.29, 0.717) is 17.7 Å². The topological polar surface area (TPSA) is 184 Å². The molecule has 2 amide bonds. The van der Waals surface area contributed by atoms with E-state index in [9.17, 15) is 24.7 Å². The minimum absolute atomic E-state index is 0.0811. The third-order valence-corrected chi connectivity index (χ3v) is 6.43. The molecule has 160 valence electrons. The number of nitrogen functional groups attached to an aromatic ring is 1. The second-order valence-electron chi connectivity index (χ2n) is 6.53. The van der Waals surface area contributed by atoms with Crippen LogP contribution >= 0.6 is 23.3 Å². The predicted molar refractivity (Wildman–Crippen MR) is 109 cm³/mol. The van der Waals surface area contributed by atoms with Crippen LogP contribution in [0.4, 0.5) is 5.13 Å². The molecule has 14 heteroatoms. The van der Waals surface area contributed by atoms with E-state index in [1.54, 1.807) is 24.5 Å². The molecular formula is C17H15N7O5S2. The lowest BCUT2D eigenvalue weighted by atomic mass is 9.86. The van der Waals surface area contributed by atoms with Gasteiger partial charge in [0.25, 0.3) is 11.8 Å². The maximum atomic E-state index is 12.7. The molecule has 4 rings (SSSR count). The summed E-state index contributed by atoms with van der Waals surface area (Å²) >= 11 is 2.08. The van der Waals surface area contributed by atoms with Crippen LogP contribution in [0.15, 0.2) is 45.2 Å². The van der Waals surface area contributed by atoms with Crippen LogP contribution < -0.4 is 11.1 Å².